The molecular weight excluding hydrogens is 200 g/mol. The smallest absolute Gasteiger partial charge is 0.250 e. The Balaban J connectivity index is 3.04. The molecule has 0 aliphatic heterocycles. The average Bonchev–Trinajstić information content (AvgIpc) is 2.42. The second kappa shape index (κ2) is 4.22. The number of aliphatic hydroxyl groups is 1. The van der Waals surface area contributed by atoms with Gasteiger partial charge < -0.3 is 10.4 Å². The number of nitrogens with zero attached hydrogens (tertiary/aromatic N) is 1. The summed E-state index contributed by atoms with van der Waals surface area (Å²) in [6, 6.07) is 2.03. The van der Waals surface area contributed by atoms with Crippen molar-refractivity contribution in [1.29, 1.82) is 5.26 Å². The molecular formula is C9H10N2O2S. The fourth-order valence-electron chi connectivity index (χ4n) is 1.02. The minimum atomic E-state index is -0.569. The van der Waals surface area contributed by atoms with Crippen LogP contribution in [0.4, 0.5) is 5.00 Å². The number of amides is 1. The first-order valence-corrected chi connectivity index (χ1v) is 4.82. The molecule has 0 saturated heterocycles. The van der Waals surface area contributed by atoms with Crippen LogP contribution < -0.4 is 5.32 Å². The van der Waals surface area contributed by atoms with Crippen molar-refractivity contribution in [3.8, 4) is 6.07 Å². The van der Waals surface area contributed by atoms with Crippen molar-refractivity contribution in [1.82, 2.24) is 0 Å². The molecule has 0 aliphatic rings. The molecule has 0 aliphatic carbocycles. The highest BCUT2D eigenvalue weighted by atomic mass is 32.1. The summed E-state index contributed by atoms with van der Waals surface area (Å²) in [5, 5.41) is 20.4. The van der Waals surface area contributed by atoms with Gasteiger partial charge in [0, 0.05) is 4.88 Å². The van der Waals surface area contributed by atoms with Crippen molar-refractivity contribution >= 4 is 22.2 Å². The molecule has 0 bridgehead atoms. The van der Waals surface area contributed by atoms with E-state index in [-0.39, 0.29) is 0 Å². The lowest BCUT2D eigenvalue weighted by Crippen LogP contribution is -2.15. The SMILES string of the molecule is Cc1sc(NC(=O)CO)c(C#N)c1C. The topological polar surface area (TPSA) is 73.1 Å². The second-order valence-corrected chi connectivity index (χ2v) is 4.03. The fraction of sp³-hybridized carbons (Fsp3) is 0.333. The maximum absolute atomic E-state index is 10.9. The molecule has 14 heavy (non-hydrogen) atoms. The number of carbonyl (C=O) groups excluding carboxylic acids is 1. The molecule has 1 amide bonds. The highest BCUT2D eigenvalue weighted by molar-refractivity contribution is 7.16. The largest absolute Gasteiger partial charge is 0.387 e. The first kappa shape index (κ1) is 10.7. The van der Waals surface area contributed by atoms with E-state index in [0.29, 0.717) is 10.6 Å². The van der Waals surface area contributed by atoms with Gasteiger partial charge in [0.15, 0.2) is 0 Å². The van der Waals surface area contributed by atoms with Crippen LogP contribution in [-0.2, 0) is 4.79 Å². The van der Waals surface area contributed by atoms with E-state index >= 15 is 0 Å². The summed E-state index contributed by atoms with van der Waals surface area (Å²) in [7, 11) is 0. The van der Waals surface area contributed by atoms with Crippen molar-refractivity contribution < 1.29 is 9.90 Å². The Bertz CT molecular complexity index is 404. The monoisotopic (exact) mass is 210 g/mol. The lowest BCUT2D eigenvalue weighted by atomic mass is 10.2. The Labute approximate surface area is 85.8 Å². The summed E-state index contributed by atoms with van der Waals surface area (Å²) in [6.07, 6.45) is 0. The lowest BCUT2D eigenvalue weighted by Gasteiger charge is -1.98. The van der Waals surface area contributed by atoms with E-state index in [1.807, 2.05) is 19.9 Å². The number of thiophene rings is 1. The summed E-state index contributed by atoms with van der Waals surface area (Å²) in [4.78, 5) is 11.9. The quantitative estimate of drug-likeness (QED) is 0.769. The summed E-state index contributed by atoms with van der Waals surface area (Å²) in [5.41, 5.74) is 1.36. The first-order chi connectivity index (χ1) is 6.60. The number of aliphatic hydroxyl groups excluding tert-OH is 1. The van der Waals surface area contributed by atoms with Gasteiger partial charge in [0.25, 0.3) is 5.91 Å². The molecule has 0 aromatic carbocycles. The van der Waals surface area contributed by atoms with Gasteiger partial charge in [-0.3, -0.25) is 4.79 Å². The van der Waals surface area contributed by atoms with Crippen molar-refractivity contribution in [2.45, 2.75) is 13.8 Å². The third kappa shape index (κ3) is 1.92. The molecule has 0 atom stereocenters. The van der Waals surface area contributed by atoms with E-state index in [1.54, 1.807) is 0 Å². The maximum atomic E-state index is 10.9. The van der Waals surface area contributed by atoms with Gasteiger partial charge in [-0.25, -0.2) is 0 Å². The van der Waals surface area contributed by atoms with Crippen LogP contribution in [0.15, 0.2) is 0 Å². The predicted molar refractivity (Wildman–Crippen MR) is 54.2 cm³/mol. The molecule has 2 N–H and O–H groups in total. The van der Waals surface area contributed by atoms with E-state index in [4.69, 9.17) is 10.4 Å². The number of rotatable bonds is 2. The molecule has 1 aromatic rings. The Hall–Kier alpha value is -1.38. The van der Waals surface area contributed by atoms with Crippen LogP contribution in [0.25, 0.3) is 0 Å². The third-order valence-corrected chi connectivity index (χ3v) is 3.02. The van der Waals surface area contributed by atoms with Crippen LogP contribution in [0.5, 0.6) is 0 Å². The predicted octanol–water partition coefficient (Wildman–Crippen LogP) is 1.17. The van der Waals surface area contributed by atoms with Gasteiger partial charge in [-0.15, -0.1) is 11.3 Å². The van der Waals surface area contributed by atoms with Crippen LogP contribution in [0, 0.1) is 25.2 Å². The molecule has 5 heteroatoms. The van der Waals surface area contributed by atoms with Crippen molar-refractivity contribution in [3.05, 3.63) is 16.0 Å². The Morgan fingerprint density at radius 2 is 2.29 bits per heavy atom. The van der Waals surface area contributed by atoms with E-state index < -0.39 is 12.5 Å². The number of nitriles is 1. The van der Waals surface area contributed by atoms with E-state index in [1.165, 1.54) is 11.3 Å². The van der Waals surface area contributed by atoms with Gasteiger partial charge in [-0.1, -0.05) is 0 Å². The normalized spacial score (nSPS) is 9.57. The van der Waals surface area contributed by atoms with Crippen LogP contribution in [0.1, 0.15) is 16.0 Å². The summed E-state index contributed by atoms with van der Waals surface area (Å²) < 4.78 is 0. The van der Waals surface area contributed by atoms with E-state index in [0.717, 1.165) is 10.4 Å². The average molecular weight is 210 g/mol. The zero-order valence-corrected chi connectivity index (χ0v) is 8.73. The van der Waals surface area contributed by atoms with Gasteiger partial charge in [0.05, 0.1) is 5.56 Å². The highest BCUT2D eigenvalue weighted by Gasteiger charge is 2.13. The Morgan fingerprint density at radius 3 is 2.79 bits per heavy atom. The van der Waals surface area contributed by atoms with Gasteiger partial charge in [-0.05, 0) is 19.4 Å². The second-order valence-electron chi connectivity index (χ2n) is 2.81. The minimum Gasteiger partial charge on any atom is -0.387 e. The van der Waals surface area contributed by atoms with E-state index in [9.17, 15) is 4.79 Å². The standard InChI is InChI=1S/C9H10N2O2S/c1-5-6(2)14-9(7(5)3-10)11-8(13)4-12/h12H,4H2,1-2H3,(H,11,13). The number of aryl methyl sites for hydroxylation is 1. The number of nitrogens with one attached hydrogen (secondary N) is 1. The first-order valence-electron chi connectivity index (χ1n) is 4.01. The summed E-state index contributed by atoms with van der Waals surface area (Å²) >= 11 is 1.34. The number of hydrogen-bond donors (Lipinski definition) is 2. The van der Waals surface area contributed by atoms with Crippen LogP contribution >= 0.6 is 11.3 Å². The lowest BCUT2D eigenvalue weighted by molar-refractivity contribution is -0.118. The third-order valence-electron chi connectivity index (χ3n) is 1.89. The van der Waals surface area contributed by atoms with Gasteiger partial charge in [0.2, 0.25) is 0 Å². The summed E-state index contributed by atoms with van der Waals surface area (Å²) in [5.74, 6) is -0.497. The Morgan fingerprint density at radius 1 is 1.64 bits per heavy atom. The molecule has 1 heterocycles. The van der Waals surface area contributed by atoms with Crippen LogP contribution in [0.3, 0.4) is 0 Å². The molecule has 74 valence electrons. The van der Waals surface area contributed by atoms with Gasteiger partial charge >= 0.3 is 0 Å². The van der Waals surface area contributed by atoms with Crippen LogP contribution in [-0.4, -0.2) is 17.6 Å². The zero-order valence-electron chi connectivity index (χ0n) is 7.92. The molecule has 1 rings (SSSR count). The number of hydrogen-bond acceptors (Lipinski definition) is 4. The summed E-state index contributed by atoms with van der Waals surface area (Å²) in [6.45, 7) is 3.15. The molecule has 0 radical (unpaired) electrons. The number of anilines is 1. The van der Waals surface area contributed by atoms with Gasteiger partial charge in [0.1, 0.15) is 17.7 Å². The minimum absolute atomic E-state index is 0.481. The fourth-order valence-corrected chi connectivity index (χ4v) is 2.04. The van der Waals surface area contributed by atoms with Crippen molar-refractivity contribution in [2.75, 3.05) is 11.9 Å². The van der Waals surface area contributed by atoms with Gasteiger partial charge in [-0.2, -0.15) is 5.26 Å². The highest BCUT2D eigenvalue weighted by Crippen LogP contribution is 2.31. The zero-order chi connectivity index (χ0) is 10.7. The van der Waals surface area contributed by atoms with Crippen molar-refractivity contribution in [3.63, 3.8) is 0 Å². The molecule has 0 spiro atoms. The number of carbonyl (C=O) groups is 1. The Kier molecular flexibility index (Phi) is 3.23. The maximum Gasteiger partial charge on any atom is 0.250 e. The van der Waals surface area contributed by atoms with Crippen LogP contribution in [0.2, 0.25) is 0 Å². The molecule has 0 saturated carbocycles. The van der Waals surface area contributed by atoms with E-state index in [2.05, 4.69) is 5.32 Å². The molecule has 0 fully saturated rings. The molecule has 4 nitrogen and oxygen atoms in total. The van der Waals surface area contributed by atoms with Crippen molar-refractivity contribution in [2.24, 2.45) is 0 Å². The molecule has 0 unspecified atom stereocenters. The molecule has 1 aromatic heterocycles.